The van der Waals surface area contributed by atoms with Gasteiger partial charge in [-0.25, -0.2) is 4.98 Å². The standard InChI is InChI=1S/C9H18N4S/c1-3-4-8(2)10-5-6-14-9-11-7-12-13-9/h7-8,10H,3-6H2,1-2H3,(H,11,12,13). The number of hydrogen-bond acceptors (Lipinski definition) is 4. The van der Waals surface area contributed by atoms with Gasteiger partial charge in [0, 0.05) is 18.3 Å². The summed E-state index contributed by atoms with van der Waals surface area (Å²) >= 11 is 1.70. The van der Waals surface area contributed by atoms with Crippen LogP contribution in [0.4, 0.5) is 0 Å². The molecule has 14 heavy (non-hydrogen) atoms. The van der Waals surface area contributed by atoms with Gasteiger partial charge in [0.15, 0.2) is 5.16 Å². The van der Waals surface area contributed by atoms with Crippen LogP contribution < -0.4 is 5.32 Å². The van der Waals surface area contributed by atoms with Crippen molar-refractivity contribution in [1.82, 2.24) is 20.5 Å². The van der Waals surface area contributed by atoms with E-state index in [1.54, 1.807) is 11.8 Å². The normalized spacial score (nSPS) is 13.0. The van der Waals surface area contributed by atoms with E-state index in [4.69, 9.17) is 0 Å². The third-order valence-corrected chi connectivity index (χ3v) is 2.83. The van der Waals surface area contributed by atoms with Gasteiger partial charge in [-0.2, -0.15) is 5.10 Å². The molecule has 1 aromatic heterocycles. The predicted molar refractivity (Wildman–Crippen MR) is 59.5 cm³/mol. The molecule has 0 aliphatic carbocycles. The van der Waals surface area contributed by atoms with E-state index in [2.05, 4.69) is 34.3 Å². The maximum Gasteiger partial charge on any atom is 0.183 e. The van der Waals surface area contributed by atoms with Crippen LogP contribution in [-0.2, 0) is 0 Å². The Morgan fingerprint density at radius 3 is 3.14 bits per heavy atom. The highest BCUT2D eigenvalue weighted by Gasteiger charge is 1.99. The molecule has 0 spiro atoms. The minimum absolute atomic E-state index is 0.621. The van der Waals surface area contributed by atoms with Crippen molar-refractivity contribution in [2.45, 2.75) is 37.9 Å². The highest BCUT2D eigenvalue weighted by atomic mass is 32.2. The van der Waals surface area contributed by atoms with E-state index in [1.165, 1.54) is 19.2 Å². The van der Waals surface area contributed by atoms with Gasteiger partial charge < -0.3 is 5.32 Å². The molecular formula is C9H18N4S. The van der Waals surface area contributed by atoms with Crippen LogP contribution in [0.5, 0.6) is 0 Å². The van der Waals surface area contributed by atoms with E-state index in [-0.39, 0.29) is 0 Å². The zero-order valence-corrected chi connectivity index (χ0v) is 9.60. The van der Waals surface area contributed by atoms with Crippen LogP contribution in [0.25, 0.3) is 0 Å². The first-order valence-corrected chi connectivity index (χ1v) is 6.03. The van der Waals surface area contributed by atoms with Crippen LogP contribution in [0.3, 0.4) is 0 Å². The summed E-state index contributed by atoms with van der Waals surface area (Å²) in [4.78, 5) is 4.04. The van der Waals surface area contributed by atoms with Crippen LogP contribution in [0.1, 0.15) is 26.7 Å². The number of nitrogens with zero attached hydrogens (tertiary/aromatic N) is 2. The van der Waals surface area contributed by atoms with Gasteiger partial charge in [0.05, 0.1) is 0 Å². The zero-order valence-electron chi connectivity index (χ0n) is 8.79. The minimum atomic E-state index is 0.621. The Morgan fingerprint density at radius 1 is 1.64 bits per heavy atom. The monoisotopic (exact) mass is 214 g/mol. The smallest absolute Gasteiger partial charge is 0.183 e. The molecule has 1 atom stereocenters. The topological polar surface area (TPSA) is 53.6 Å². The fourth-order valence-electron chi connectivity index (χ4n) is 1.25. The maximum atomic E-state index is 4.04. The summed E-state index contributed by atoms with van der Waals surface area (Å²) in [6.45, 7) is 5.45. The number of thioether (sulfide) groups is 1. The number of rotatable bonds is 7. The Morgan fingerprint density at radius 2 is 2.50 bits per heavy atom. The zero-order chi connectivity index (χ0) is 10.2. The van der Waals surface area contributed by atoms with Crippen molar-refractivity contribution in [2.75, 3.05) is 12.3 Å². The second-order valence-corrected chi connectivity index (χ2v) is 4.37. The molecule has 0 saturated carbocycles. The van der Waals surface area contributed by atoms with Crippen molar-refractivity contribution in [1.29, 1.82) is 0 Å². The second kappa shape index (κ2) is 6.84. The van der Waals surface area contributed by atoms with Crippen molar-refractivity contribution in [3.63, 3.8) is 0 Å². The minimum Gasteiger partial charge on any atom is -0.313 e. The highest BCUT2D eigenvalue weighted by molar-refractivity contribution is 7.99. The Balaban J connectivity index is 1.99. The number of aromatic amines is 1. The molecule has 5 heteroatoms. The molecule has 1 rings (SSSR count). The van der Waals surface area contributed by atoms with Crippen molar-refractivity contribution in [2.24, 2.45) is 0 Å². The molecule has 0 bridgehead atoms. The molecule has 1 heterocycles. The van der Waals surface area contributed by atoms with Gasteiger partial charge in [-0.15, -0.1) is 0 Å². The SMILES string of the molecule is CCCC(C)NCCSc1ncn[nH]1. The quantitative estimate of drug-likeness (QED) is 0.535. The van der Waals surface area contributed by atoms with Crippen LogP contribution in [-0.4, -0.2) is 33.5 Å². The van der Waals surface area contributed by atoms with Crippen molar-refractivity contribution in [3.05, 3.63) is 6.33 Å². The van der Waals surface area contributed by atoms with E-state index < -0.39 is 0 Å². The van der Waals surface area contributed by atoms with Gasteiger partial charge in [0.25, 0.3) is 0 Å². The van der Waals surface area contributed by atoms with Gasteiger partial charge in [-0.1, -0.05) is 25.1 Å². The lowest BCUT2D eigenvalue weighted by Crippen LogP contribution is -2.27. The Labute approximate surface area is 89.3 Å². The molecule has 0 saturated heterocycles. The van der Waals surface area contributed by atoms with Gasteiger partial charge in [-0.05, 0) is 13.3 Å². The Hall–Kier alpha value is -0.550. The average molecular weight is 214 g/mol. The summed E-state index contributed by atoms with van der Waals surface area (Å²) < 4.78 is 0. The van der Waals surface area contributed by atoms with E-state index in [1.807, 2.05) is 0 Å². The first-order chi connectivity index (χ1) is 6.83. The first kappa shape index (κ1) is 11.5. The second-order valence-electron chi connectivity index (χ2n) is 3.28. The summed E-state index contributed by atoms with van der Waals surface area (Å²) in [6, 6.07) is 0.621. The third-order valence-electron chi connectivity index (χ3n) is 1.95. The third kappa shape index (κ3) is 4.62. The van der Waals surface area contributed by atoms with Crippen molar-refractivity contribution >= 4 is 11.8 Å². The average Bonchev–Trinajstić information content (AvgIpc) is 2.65. The molecule has 0 radical (unpaired) electrons. The van der Waals surface area contributed by atoms with E-state index >= 15 is 0 Å². The predicted octanol–water partition coefficient (Wildman–Crippen LogP) is 1.67. The molecule has 1 unspecified atom stereocenters. The molecular weight excluding hydrogens is 196 g/mol. The molecule has 0 fully saturated rings. The van der Waals surface area contributed by atoms with E-state index in [0.29, 0.717) is 6.04 Å². The molecule has 0 aliphatic rings. The summed E-state index contributed by atoms with van der Waals surface area (Å²) in [6.07, 6.45) is 4.02. The lowest BCUT2D eigenvalue weighted by Gasteiger charge is -2.11. The van der Waals surface area contributed by atoms with E-state index in [9.17, 15) is 0 Å². The van der Waals surface area contributed by atoms with Gasteiger partial charge in [0.2, 0.25) is 0 Å². The first-order valence-electron chi connectivity index (χ1n) is 5.04. The van der Waals surface area contributed by atoms with Gasteiger partial charge in [0.1, 0.15) is 6.33 Å². The molecule has 4 nitrogen and oxygen atoms in total. The van der Waals surface area contributed by atoms with Gasteiger partial charge >= 0.3 is 0 Å². The van der Waals surface area contributed by atoms with Gasteiger partial charge in [-0.3, -0.25) is 5.10 Å². The van der Waals surface area contributed by atoms with Crippen LogP contribution >= 0.6 is 11.8 Å². The summed E-state index contributed by atoms with van der Waals surface area (Å²) in [5, 5.41) is 11.0. The summed E-state index contributed by atoms with van der Waals surface area (Å²) in [5.41, 5.74) is 0. The number of aromatic nitrogens is 3. The number of nitrogens with one attached hydrogen (secondary N) is 2. The maximum absolute atomic E-state index is 4.04. The fourth-order valence-corrected chi connectivity index (χ4v) is 1.90. The highest BCUT2D eigenvalue weighted by Crippen LogP contribution is 2.08. The molecule has 2 N–H and O–H groups in total. The molecule has 1 aromatic rings. The largest absolute Gasteiger partial charge is 0.313 e. The lowest BCUT2D eigenvalue weighted by molar-refractivity contribution is 0.526. The van der Waals surface area contributed by atoms with Crippen molar-refractivity contribution in [3.8, 4) is 0 Å². The summed E-state index contributed by atoms with van der Waals surface area (Å²) in [7, 11) is 0. The Kier molecular flexibility index (Phi) is 5.63. The molecule has 80 valence electrons. The Bertz CT molecular complexity index is 225. The molecule has 0 aliphatic heterocycles. The van der Waals surface area contributed by atoms with Crippen LogP contribution in [0, 0.1) is 0 Å². The van der Waals surface area contributed by atoms with E-state index in [0.717, 1.165) is 17.5 Å². The van der Waals surface area contributed by atoms with Crippen LogP contribution in [0.15, 0.2) is 11.5 Å². The lowest BCUT2D eigenvalue weighted by atomic mass is 10.2. The molecule has 0 amide bonds. The molecule has 0 aromatic carbocycles. The number of hydrogen-bond donors (Lipinski definition) is 2. The fraction of sp³-hybridized carbons (Fsp3) is 0.778. The number of H-pyrrole nitrogens is 1. The van der Waals surface area contributed by atoms with Crippen molar-refractivity contribution < 1.29 is 0 Å². The summed E-state index contributed by atoms with van der Waals surface area (Å²) in [5.74, 6) is 1.03. The van der Waals surface area contributed by atoms with Crippen LogP contribution in [0.2, 0.25) is 0 Å².